The molecule has 0 fully saturated rings. The summed E-state index contributed by atoms with van der Waals surface area (Å²) in [5.41, 5.74) is 1.16. The molecule has 0 spiro atoms. The maximum atomic E-state index is 11.5. The van der Waals surface area contributed by atoms with Crippen LogP contribution in [0.15, 0.2) is 30.3 Å². The molecule has 0 aliphatic rings. The third-order valence-electron chi connectivity index (χ3n) is 2.49. The zero-order valence-electron chi connectivity index (χ0n) is 10.8. The van der Waals surface area contributed by atoms with E-state index in [1.165, 1.54) is 7.11 Å². The van der Waals surface area contributed by atoms with Crippen LogP contribution in [0, 0.1) is 43.7 Å². The van der Waals surface area contributed by atoms with E-state index in [-0.39, 0.29) is 68.1 Å². The predicted molar refractivity (Wildman–Crippen MR) is 71.2 cm³/mol. The quantitative estimate of drug-likeness (QED) is 0.848. The number of halogens is 1. The van der Waals surface area contributed by atoms with E-state index < -0.39 is 0 Å². The second-order valence-corrected chi connectivity index (χ2v) is 4.11. The van der Waals surface area contributed by atoms with Gasteiger partial charge in [0, 0.05) is 44.3 Å². The van der Waals surface area contributed by atoms with Crippen molar-refractivity contribution in [1.29, 1.82) is 0 Å². The van der Waals surface area contributed by atoms with Crippen LogP contribution in [0.5, 0.6) is 0 Å². The first-order chi connectivity index (χ1) is 7.65. The minimum Gasteiger partial charge on any atom is -0.468 e. The summed E-state index contributed by atoms with van der Waals surface area (Å²) in [7, 11) is 1.42. The minimum atomic E-state index is -0.245. The van der Waals surface area contributed by atoms with E-state index in [2.05, 4.69) is 5.32 Å². The number of hydrogen-bond acceptors (Lipinski definition) is 3. The molecule has 0 aliphatic heterocycles. The normalized spacial score (nSPS) is 11.1. The Labute approximate surface area is 145 Å². The van der Waals surface area contributed by atoms with Crippen LogP contribution in [-0.4, -0.2) is 19.1 Å². The second-order valence-electron chi connectivity index (χ2n) is 4.11. The van der Waals surface area contributed by atoms with E-state index in [4.69, 9.17) is 4.74 Å². The first-order valence-electron chi connectivity index (χ1n) is 5.50. The van der Waals surface area contributed by atoms with E-state index in [0.29, 0.717) is 6.54 Å². The summed E-state index contributed by atoms with van der Waals surface area (Å²) in [5, 5.41) is 3.21. The summed E-state index contributed by atoms with van der Waals surface area (Å²) in [4.78, 5) is 11.5. The number of carbonyl (C=O) groups is 1. The SMILES string of the molecule is COC(=O)[C@@H](NCc1ccccc1)C(C)C.Cl.[Ar]. The smallest absolute Gasteiger partial charge is 0.323 e. The van der Waals surface area contributed by atoms with Gasteiger partial charge in [-0.15, -0.1) is 12.4 Å². The predicted octanol–water partition coefficient (Wildman–Crippen LogP) is 2.40. The van der Waals surface area contributed by atoms with Gasteiger partial charge in [-0.2, -0.15) is 0 Å². The van der Waals surface area contributed by atoms with Crippen molar-refractivity contribution in [2.45, 2.75) is 26.4 Å². The van der Waals surface area contributed by atoms with Crippen LogP contribution in [0.3, 0.4) is 0 Å². The van der Waals surface area contributed by atoms with E-state index in [1.807, 2.05) is 44.2 Å². The Bertz CT molecular complexity index is 333. The van der Waals surface area contributed by atoms with Crippen molar-refractivity contribution in [2.75, 3.05) is 7.11 Å². The molecule has 0 unspecified atom stereocenters. The van der Waals surface area contributed by atoms with Crippen LogP contribution in [0.2, 0.25) is 0 Å². The standard InChI is InChI=1S/C13H19NO2.Ar.ClH/c1-10(2)12(13(15)16-3)14-9-11-7-5-4-6-8-11;;/h4-8,10,12,14H,9H2,1-3H3;;1H/t12-;;/m0../s1. The Morgan fingerprint density at radius 2 is 1.83 bits per heavy atom. The first-order valence-corrected chi connectivity index (χ1v) is 5.50. The molecule has 0 amide bonds. The maximum absolute atomic E-state index is 11.5. The first kappa shape index (κ1) is 20.5. The monoisotopic (exact) mass is 297 g/mol. The van der Waals surface area contributed by atoms with E-state index in [0.717, 1.165) is 5.56 Å². The molecule has 0 aliphatic carbocycles. The van der Waals surface area contributed by atoms with Gasteiger partial charge in [-0.05, 0) is 11.5 Å². The molecule has 0 aromatic heterocycles. The second kappa shape index (κ2) is 11.1. The van der Waals surface area contributed by atoms with Crippen LogP contribution in [0.25, 0.3) is 0 Å². The van der Waals surface area contributed by atoms with Crippen molar-refractivity contribution in [3.63, 3.8) is 0 Å². The van der Waals surface area contributed by atoms with Crippen LogP contribution in [-0.2, 0) is 16.1 Å². The van der Waals surface area contributed by atoms with E-state index >= 15 is 0 Å². The van der Waals surface area contributed by atoms with Crippen LogP contribution < -0.4 is 5.32 Å². The summed E-state index contributed by atoms with van der Waals surface area (Å²) in [6, 6.07) is 9.76. The van der Waals surface area contributed by atoms with Gasteiger partial charge in [-0.3, -0.25) is 4.79 Å². The molecule has 0 saturated carbocycles. The van der Waals surface area contributed by atoms with Gasteiger partial charge in [0.1, 0.15) is 6.04 Å². The molecule has 0 saturated heterocycles. The summed E-state index contributed by atoms with van der Waals surface area (Å²) < 4.78 is 4.76. The van der Waals surface area contributed by atoms with Crippen LogP contribution in [0.4, 0.5) is 0 Å². The van der Waals surface area contributed by atoms with Crippen molar-refractivity contribution < 1.29 is 47.3 Å². The van der Waals surface area contributed by atoms with Gasteiger partial charge in [-0.25, -0.2) is 0 Å². The molecule has 1 rings (SSSR count). The molecule has 0 bridgehead atoms. The number of benzene rings is 1. The Balaban J connectivity index is 0. The molecule has 5 heteroatoms. The number of carbonyl (C=O) groups excluding carboxylic acids is 1. The van der Waals surface area contributed by atoms with Gasteiger partial charge in [0.05, 0.1) is 7.11 Å². The van der Waals surface area contributed by atoms with Gasteiger partial charge in [0.25, 0.3) is 0 Å². The Morgan fingerprint density at radius 1 is 1.28 bits per heavy atom. The molecule has 3 nitrogen and oxygen atoms in total. The number of nitrogens with one attached hydrogen (secondary N) is 1. The molecule has 0 radical (unpaired) electrons. The largest absolute Gasteiger partial charge is 0.468 e. The number of hydrogen-bond donors (Lipinski definition) is 1. The summed E-state index contributed by atoms with van der Waals surface area (Å²) in [6.07, 6.45) is 0. The van der Waals surface area contributed by atoms with Gasteiger partial charge in [0.2, 0.25) is 0 Å². The summed E-state index contributed by atoms with van der Waals surface area (Å²) >= 11 is 0. The number of ether oxygens (including phenoxy) is 1. The zero-order valence-corrected chi connectivity index (χ0v) is 12.4. The topological polar surface area (TPSA) is 38.3 Å². The molecular formula is C13H20ArClNO2. The zero-order chi connectivity index (χ0) is 12.0. The van der Waals surface area contributed by atoms with Crippen molar-refractivity contribution in [1.82, 2.24) is 5.32 Å². The molecular weight excluding hydrogens is 278 g/mol. The Morgan fingerprint density at radius 3 is 2.28 bits per heavy atom. The average molecular weight is 298 g/mol. The van der Waals surface area contributed by atoms with Gasteiger partial charge >= 0.3 is 5.97 Å². The fraction of sp³-hybridized carbons (Fsp3) is 0.462. The van der Waals surface area contributed by atoms with Crippen molar-refractivity contribution >= 4 is 18.4 Å². The van der Waals surface area contributed by atoms with Crippen LogP contribution >= 0.6 is 12.4 Å². The van der Waals surface area contributed by atoms with Crippen molar-refractivity contribution in [3.8, 4) is 0 Å². The minimum absolute atomic E-state index is 0. The molecule has 18 heavy (non-hydrogen) atoms. The van der Waals surface area contributed by atoms with Gasteiger partial charge < -0.3 is 10.1 Å². The van der Waals surface area contributed by atoms with E-state index in [1.54, 1.807) is 0 Å². The molecule has 1 atom stereocenters. The Hall–Kier alpha value is 0.200. The Kier molecular flexibility index (Phi) is 12.6. The summed E-state index contributed by atoms with van der Waals surface area (Å²) in [6.45, 7) is 4.68. The molecule has 1 aromatic rings. The van der Waals surface area contributed by atoms with Gasteiger partial charge in [-0.1, -0.05) is 44.2 Å². The fourth-order valence-corrected chi connectivity index (χ4v) is 1.54. The molecule has 104 valence electrons. The summed E-state index contributed by atoms with van der Waals surface area (Å²) in [5.74, 6) is 0.0158. The maximum Gasteiger partial charge on any atom is 0.323 e. The number of esters is 1. The van der Waals surface area contributed by atoms with Crippen LogP contribution in [0.1, 0.15) is 19.4 Å². The fourth-order valence-electron chi connectivity index (χ4n) is 1.54. The van der Waals surface area contributed by atoms with Crippen molar-refractivity contribution in [2.24, 2.45) is 5.92 Å². The van der Waals surface area contributed by atoms with Gasteiger partial charge in [0.15, 0.2) is 0 Å². The molecule has 1 N–H and O–H groups in total. The third kappa shape index (κ3) is 6.95. The molecule has 0 heterocycles. The van der Waals surface area contributed by atoms with Crippen molar-refractivity contribution in [3.05, 3.63) is 35.9 Å². The third-order valence-corrected chi connectivity index (χ3v) is 2.49. The number of methoxy groups -OCH3 is 1. The average Bonchev–Trinajstić information content (AvgIpc) is 2.30. The molecule has 1 aromatic carbocycles. The number of rotatable bonds is 5. The van der Waals surface area contributed by atoms with E-state index in [9.17, 15) is 4.79 Å².